The van der Waals surface area contributed by atoms with Gasteiger partial charge in [0.25, 0.3) is 0 Å². The van der Waals surface area contributed by atoms with E-state index < -0.39 is 5.97 Å². The molecule has 3 aliphatic heterocycles. The quantitative estimate of drug-likeness (QED) is 0.882. The monoisotopic (exact) mass is 333 g/mol. The van der Waals surface area contributed by atoms with E-state index in [-0.39, 0.29) is 24.2 Å². The highest BCUT2D eigenvalue weighted by Gasteiger charge is 2.41. The summed E-state index contributed by atoms with van der Waals surface area (Å²) in [7, 11) is 1.67. The van der Waals surface area contributed by atoms with Crippen molar-refractivity contribution in [3.63, 3.8) is 0 Å². The Morgan fingerprint density at radius 1 is 1.17 bits per heavy atom. The highest BCUT2D eigenvalue weighted by molar-refractivity contribution is 5.72. The molecular weight excluding hydrogens is 310 g/mol. The van der Waals surface area contributed by atoms with Crippen LogP contribution in [0.25, 0.3) is 0 Å². The number of hydrogen-bond donors (Lipinski definition) is 2. The molecule has 1 fully saturated rings. The second kappa shape index (κ2) is 5.55. The first-order valence-electron chi connectivity index (χ1n) is 8.54. The van der Waals surface area contributed by atoms with E-state index in [2.05, 4.69) is 5.32 Å². The van der Waals surface area contributed by atoms with Gasteiger partial charge in [0, 0.05) is 42.1 Å². The van der Waals surface area contributed by atoms with Gasteiger partial charge in [-0.15, -0.1) is 0 Å². The van der Waals surface area contributed by atoms with Crippen molar-refractivity contribution < 1.29 is 24.1 Å². The van der Waals surface area contributed by atoms with Gasteiger partial charge in [0.15, 0.2) is 11.5 Å². The van der Waals surface area contributed by atoms with Gasteiger partial charge in [-0.3, -0.25) is 4.79 Å². The highest BCUT2D eigenvalue weighted by atomic mass is 16.5. The number of methoxy groups -OCH3 is 1. The van der Waals surface area contributed by atoms with Crippen molar-refractivity contribution >= 4 is 5.97 Å². The first kappa shape index (κ1) is 15.6. The van der Waals surface area contributed by atoms with Crippen LogP contribution in [0.2, 0.25) is 0 Å². The van der Waals surface area contributed by atoms with Crippen LogP contribution in [-0.4, -0.2) is 36.9 Å². The van der Waals surface area contributed by atoms with Crippen LogP contribution in [-0.2, 0) is 17.6 Å². The van der Waals surface area contributed by atoms with Gasteiger partial charge in [0.2, 0.25) is 0 Å². The number of nitrogens with one attached hydrogen (secondary N) is 1. The zero-order valence-electron chi connectivity index (χ0n) is 14.2. The largest absolute Gasteiger partial charge is 0.492 e. The summed E-state index contributed by atoms with van der Waals surface area (Å²) >= 11 is 0. The maximum atomic E-state index is 11.3. The summed E-state index contributed by atoms with van der Waals surface area (Å²) in [5, 5.41) is 12.7. The molecule has 3 aliphatic rings. The van der Waals surface area contributed by atoms with Crippen LogP contribution in [0.3, 0.4) is 0 Å². The summed E-state index contributed by atoms with van der Waals surface area (Å²) in [4.78, 5) is 11.3. The predicted octanol–water partition coefficient (Wildman–Crippen LogP) is 2.08. The minimum atomic E-state index is -0.745. The Kier molecular flexibility index (Phi) is 3.60. The van der Waals surface area contributed by atoms with Gasteiger partial charge in [0.1, 0.15) is 18.0 Å². The zero-order valence-corrected chi connectivity index (χ0v) is 14.2. The molecule has 4 unspecified atom stereocenters. The third kappa shape index (κ3) is 2.24. The van der Waals surface area contributed by atoms with E-state index in [4.69, 9.17) is 14.2 Å². The van der Waals surface area contributed by atoms with E-state index in [1.807, 2.05) is 13.8 Å². The van der Waals surface area contributed by atoms with Crippen molar-refractivity contribution in [1.29, 1.82) is 0 Å². The molecule has 0 spiro atoms. The first-order chi connectivity index (χ1) is 11.5. The van der Waals surface area contributed by atoms with Crippen LogP contribution in [0.15, 0.2) is 0 Å². The molecule has 0 aliphatic carbocycles. The van der Waals surface area contributed by atoms with E-state index in [0.717, 1.165) is 46.8 Å². The molecule has 0 aromatic heterocycles. The van der Waals surface area contributed by atoms with Crippen molar-refractivity contribution in [2.24, 2.45) is 5.92 Å². The Labute approximate surface area is 141 Å². The summed E-state index contributed by atoms with van der Waals surface area (Å²) in [5.74, 6) is 1.37. The third-order valence-electron chi connectivity index (χ3n) is 5.25. The average molecular weight is 333 g/mol. The van der Waals surface area contributed by atoms with Crippen molar-refractivity contribution in [3.05, 3.63) is 16.7 Å². The van der Waals surface area contributed by atoms with Crippen molar-refractivity contribution in [2.75, 3.05) is 13.7 Å². The van der Waals surface area contributed by atoms with Gasteiger partial charge >= 0.3 is 5.97 Å². The minimum Gasteiger partial charge on any atom is -0.492 e. The molecule has 1 saturated heterocycles. The lowest BCUT2D eigenvalue weighted by atomic mass is 9.90. The van der Waals surface area contributed by atoms with Gasteiger partial charge in [-0.2, -0.15) is 0 Å². The lowest BCUT2D eigenvalue weighted by Crippen LogP contribution is -2.18. The molecule has 6 nitrogen and oxygen atoms in total. The zero-order chi connectivity index (χ0) is 17.0. The standard InChI is InChI=1S/C18H23NO5/c1-8-4-11-14(13-6-10(7-19-13)18(20)21)15-12(5-9(2)23-15)16(22-3)17(11)24-8/h8-10,13,19H,4-7H2,1-3H3,(H,20,21). The molecular formula is C18H23NO5. The van der Waals surface area contributed by atoms with Gasteiger partial charge < -0.3 is 24.6 Å². The van der Waals surface area contributed by atoms with Crippen LogP contribution in [0.4, 0.5) is 0 Å². The second-order valence-electron chi connectivity index (χ2n) is 7.06. The maximum absolute atomic E-state index is 11.3. The van der Waals surface area contributed by atoms with Gasteiger partial charge in [-0.05, 0) is 20.3 Å². The first-order valence-corrected chi connectivity index (χ1v) is 8.54. The molecule has 1 aromatic rings. The molecule has 130 valence electrons. The second-order valence-corrected chi connectivity index (χ2v) is 7.06. The van der Waals surface area contributed by atoms with Crippen molar-refractivity contribution in [2.45, 2.75) is 51.4 Å². The smallest absolute Gasteiger partial charge is 0.307 e. The SMILES string of the molecule is COc1c2c(c(C3CC(C(=O)O)CN3)c3c1OC(C)C3)OC(C)C2. The maximum Gasteiger partial charge on any atom is 0.307 e. The number of hydrogen-bond acceptors (Lipinski definition) is 5. The van der Waals surface area contributed by atoms with Crippen LogP contribution in [0.5, 0.6) is 17.2 Å². The summed E-state index contributed by atoms with van der Waals surface area (Å²) in [6.07, 6.45) is 2.33. The van der Waals surface area contributed by atoms with Crippen molar-refractivity contribution in [1.82, 2.24) is 5.32 Å². The number of aliphatic carboxylic acids is 1. The van der Waals surface area contributed by atoms with Crippen LogP contribution < -0.4 is 19.5 Å². The molecule has 0 saturated carbocycles. The van der Waals surface area contributed by atoms with Crippen LogP contribution >= 0.6 is 0 Å². The molecule has 4 atom stereocenters. The van der Waals surface area contributed by atoms with Crippen LogP contribution in [0, 0.1) is 5.92 Å². The Balaban J connectivity index is 1.84. The molecule has 6 heteroatoms. The van der Waals surface area contributed by atoms with E-state index in [9.17, 15) is 9.90 Å². The fourth-order valence-corrected chi connectivity index (χ4v) is 4.24. The molecule has 3 heterocycles. The molecule has 24 heavy (non-hydrogen) atoms. The Morgan fingerprint density at radius 3 is 2.46 bits per heavy atom. The number of benzene rings is 1. The van der Waals surface area contributed by atoms with E-state index in [0.29, 0.717) is 13.0 Å². The minimum absolute atomic E-state index is 0.0151. The summed E-state index contributed by atoms with van der Waals surface area (Å²) < 4.78 is 17.8. The summed E-state index contributed by atoms with van der Waals surface area (Å²) in [6, 6.07) is -0.0151. The molecule has 4 rings (SSSR count). The molecule has 2 N–H and O–H groups in total. The Morgan fingerprint density at radius 2 is 1.83 bits per heavy atom. The number of rotatable bonds is 3. The fourth-order valence-electron chi connectivity index (χ4n) is 4.24. The van der Waals surface area contributed by atoms with Gasteiger partial charge in [0.05, 0.1) is 13.0 Å². The summed E-state index contributed by atoms with van der Waals surface area (Å²) in [5.41, 5.74) is 3.24. The lowest BCUT2D eigenvalue weighted by molar-refractivity contribution is -0.141. The number of carboxylic acid groups (broad SMARTS) is 1. The van der Waals surface area contributed by atoms with Crippen molar-refractivity contribution in [3.8, 4) is 17.2 Å². The summed E-state index contributed by atoms with van der Waals surface area (Å²) in [6.45, 7) is 4.57. The van der Waals surface area contributed by atoms with Gasteiger partial charge in [-0.25, -0.2) is 0 Å². The Bertz CT molecular complexity index is 662. The topological polar surface area (TPSA) is 77.0 Å². The van der Waals surface area contributed by atoms with E-state index in [1.54, 1.807) is 7.11 Å². The predicted molar refractivity (Wildman–Crippen MR) is 87.1 cm³/mol. The van der Waals surface area contributed by atoms with E-state index >= 15 is 0 Å². The molecule has 0 radical (unpaired) electrons. The number of carboxylic acids is 1. The average Bonchev–Trinajstić information content (AvgIpc) is 3.21. The van der Waals surface area contributed by atoms with E-state index in [1.165, 1.54) is 0 Å². The normalized spacial score (nSPS) is 30.5. The molecule has 1 aromatic carbocycles. The van der Waals surface area contributed by atoms with Gasteiger partial charge in [-0.1, -0.05) is 0 Å². The number of fused-ring (bicyclic) bond motifs is 2. The van der Waals surface area contributed by atoms with Crippen LogP contribution in [0.1, 0.15) is 43.0 Å². The number of carbonyl (C=O) groups is 1. The number of ether oxygens (including phenoxy) is 3. The fraction of sp³-hybridized carbons (Fsp3) is 0.611. The third-order valence-corrected chi connectivity index (χ3v) is 5.25. The molecule has 0 bridgehead atoms. The highest BCUT2D eigenvalue weighted by Crippen LogP contribution is 2.53. The Hall–Kier alpha value is -1.95. The lowest BCUT2D eigenvalue weighted by Gasteiger charge is -2.21. The molecule has 0 amide bonds.